The van der Waals surface area contributed by atoms with Gasteiger partial charge in [-0.1, -0.05) is 17.7 Å². The molecule has 0 radical (unpaired) electrons. The number of ether oxygens (including phenoxy) is 2. The highest BCUT2D eigenvalue weighted by Gasteiger charge is 2.40. The molecule has 2 aliphatic rings. The van der Waals surface area contributed by atoms with Gasteiger partial charge in [-0.2, -0.15) is 4.68 Å². The second kappa shape index (κ2) is 10.4. The summed E-state index contributed by atoms with van der Waals surface area (Å²) in [6.45, 7) is 3.79. The van der Waals surface area contributed by atoms with Crippen LogP contribution in [0.3, 0.4) is 0 Å². The number of pyridine rings is 1. The van der Waals surface area contributed by atoms with Crippen molar-refractivity contribution in [2.75, 3.05) is 29.7 Å². The Morgan fingerprint density at radius 3 is 2.55 bits per heavy atom. The van der Waals surface area contributed by atoms with E-state index in [0.29, 0.717) is 19.6 Å². The van der Waals surface area contributed by atoms with Crippen molar-refractivity contribution in [2.45, 2.75) is 45.8 Å². The van der Waals surface area contributed by atoms with Gasteiger partial charge < -0.3 is 19.5 Å². The van der Waals surface area contributed by atoms with Gasteiger partial charge in [0, 0.05) is 6.54 Å². The first-order chi connectivity index (χ1) is 18.3. The molecule has 4 heterocycles. The van der Waals surface area contributed by atoms with Gasteiger partial charge in [-0.25, -0.2) is 18.6 Å². The number of aliphatic hydroxyl groups excluding tert-OH is 1. The van der Waals surface area contributed by atoms with E-state index in [2.05, 4.69) is 10.1 Å². The topological polar surface area (TPSA) is 115 Å². The van der Waals surface area contributed by atoms with E-state index in [-0.39, 0.29) is 41.1 Å². The third-order valence-corrected chi connectivity index (χ3v) is 6.83. The van der Waals surface area contributed by atoms with E-state index in [9.17, 15) is 19.1 Å². The molecule has 1 atom stereocenters. The number of hydrogen-bond donors (Lipinski definition) is 1. The van der Waals surface area contributed by atoms with E-state index in [1.165, 1.54) is 22.8 Å². The number of aliphatic hydroxyl groups is 1. The zero-order chi connectivity index (χ0) is 27.1. The number of carbonyl (C=O) groups excluding carboxylic acids is 1. The molecule has 14 heteroatoms. The Hall–Kier alpha value is -3.39. The minimum atomic E-state index is -1.01. The Kier molecular flexibility index (Phi) is 7.18. The molecule has 1 fully saturated rings. The van der Waals surface area contributed by atoms with E-state index < -0.39 is 48.0 Å². The van der Waals surface area contributed by atoms with E-state index in [1.54, 1.807) is 18.7 Å². The van der Waals surface area contributed by atoms with Crippen LogP contribution in [0.1, 0.15) is 36.5 Å². The van der Waals surface area contributed by atoms with Crippen LogP contribution >= 0.6 is 11.6 Å². The smallest absolute Gasteiger partial charge is 0.352 e. The fourth-order valence-electron chi connectivity index (χ4n) is 4.61. The Morgan fingerprint density at radius 1 is 1.18 bits per heavy atom. The van der Waals surface area contributed by atoms with E-state index >= 15 is 4.39 Å². The largest absolute Gasteiger partial charge is 0.388 e. The molecular weight excluding hydrogens is 526 g/mol. The Labute approximate surface area is 220 Å². The molecule has 1 N–H and O–H groups in total. The van der Waals surface area contributed by atoms with Gasteiger partial charge in [0.25, 0.3) is 5.91 Å². The maximum atomic E-state index is 15.5. The van der Waals surface area contributed by atoms with Gasteiger partial charge in [0.2, 0.25) is 0 Å². The number of fused-ring (bicyclic) bond motifs is 1. The van der Waals surface area contributed by atoms with Crippen LogP contribution in [-0.2, 0) is 22.6 Å². The number of halogens is 3. The van der Waals surface area contributed by atoms with Crippen molar-refractivity contribution in [2.24, 2.45) is 0 Å². The van der Waals surface area contributed by atoms with Crippen molar-refractivity contribution < 1.29 is 28.2 Å². The highest BCUT2D eigenvalue weighted by Crippen LogP contribution is 2.37. The van der Waals surface area contributed by atoms with Crippen LogP contribution < -0.4 is 15.5 Å². The van der Waals surface area contributed by atoms with Gasteiger partial charge in [-0.05, 0) is 38.5 Å². The number of hydrogen-bond acceptors (Lipinski definition) is 8. The third-order valence-electron chi connectivity index (χ3n) is 6.52. The summed E-state index contributed by atoms with van der Waals surface area (Å²) in [6.07, 6.45) is -0.0138. The third kappa shape index (κ3) is 4.34. The average molecular weight is 551 g/mol. The molecule has 202 valence electrons. The second-order valence-electron chi connectivity index (χ2n) is 8.80. The number of benzene rings is 1. The molecular formula is C24H25ClF2N6O5. The first-order valence-electron chi connectivity index (χ1n) is 12.0. The van der Waals surface area contributed by atoms with Crippen molar-refractivity contribution >= 4 is 29.0 Å². The van der Waals surface area contributed by atoms with Crippen LogP contribution in [0.2, 0.25) is 5.02 Å². The highest BCUT2D eigenvalue weighted by atomic mass is 35.5. The van der Waals surface area contributed by atoms with Gasteiger partial charge >= 0.3 is 5.69 Å². The maximum Gasteiger partial charge on any atom is 0.352 e. The van der Waals surface area contributed by atoms with Gasteiger partial charge in [-0.15, -0.1) is 5.10 Å². The second-order valence-corrected chi connectivity index (χ2v) is 9.20. The molecule has 11 nitrogen and oxygen atoms in total. The summed E-state index contributed by atoms with van der Waals surface area (Å²) in [4.78, 5) is 33.5. The molecule has 0 bridgehead atoms. The van der Waals surface area contributed by atoms with Crippen molar-refractivity contribution in [1.29, 1.82) is 0 Å². The summed E-state index contributed by atoms with van der Waals surface area (Å²) < 4.78 is 43.8. The lowest BCUT2D eigenvalue weighted by Crippen LogP contribution is -2.55. The van der Waals surface area contributed by atoms with Gasteiger partial charge in [-0.3, -0.25) is 14.3 Å². The number of anilines is 2. The van der Waals surface area contributed by atoms with E-state index in [0.717, 1.165) is 15.6 Å². The maximum absolute atomic E-state index is 15.5. The van der Waals surface area contributed by atoms with Crippen LogP contribution in [0.15, 0.2) is 29.1 Å². The van der Waals surface area contributed by atoms with Crippen molar-refractivity contribution in [3.8, 4) is 5.82 Å². The van der Waals surface area contributed by atoms with Crippen molar-refractivity contribution in [3.63, 3.8) is 0 Å². The standard InChI is InChI=1S/C24H25ClF2N6O5/c1-3-30-18(11-34)29-33(24(30)36)21-17(27)10-14-20(28-21)31(13(2)23-37-8-5-9-38-23)12-32(22(14)35)19-15(25)6-4-7-16(19)26/h4,6-7,10,13,23,34H,3,5,8-9,11-12H2,1-2H3. The fraction of sp³-hybridized carbons (Fsp3) is 0.417. The highest BCUT2D eigenvalue weighted by molar-refractivity contribution is 6.34. The average Bonchev–Trinajstić information content (AvgIpc) is 3.24. The number of carbonyl (C=O) groups is 1. The number of aromatic nitrogens is 4. The lowest BCUT2D eigenvalue weighted by molar-refractivity contribution is -0.186. The minimum Gasteiger partial charge on any atom is -0.388 e. The predicted molar refractivity (Wildman–Crippen MR) is 133 cm³/mol. The zero-order valence-electron chi connectivity index (χ0n) is 20.6. The van der Waals surface area contributed by atoms with Crippen molar-refractivity contribution in [3.05, 3.63) is 62.8 Å². The zero-order valence-corrected chi connectivity index (χ0v) is 21.4. The first-order valence-corrected chi connectivity index (χ1v) is 12.4. The number of para-hydroxylation sites is 1. The summed E-state index contributed by atoms with van der Waals surface area (Å²) in [5.74, 6) is -2.87. The van der Waals surface area contributed by atoms with Crippen molar-refractivity contribution in [1.82, 2.24) is 19.3 Å². The molecule has 1 aromatic carbocycles. The quantitative estimate of drug-likeness (QED) is 0.498. The van der Waals surface area contributed by atoms with Crippen LogP contribution in [0.25, 0.3) is 5.82 Å². The summed E-state index contributed by atoms with van der Waals surface area (Å²) in [5.41, 5.74) is -1.05. The molecule has 0 spiro atoms. The van der Waals surface area contributed by atoms with Gasteiger partial charge in [0.1, 0.15) is 30.6 Å². The molecule has 2 aliphatic heterocycles. The number of nitrogens with zero attached hydrogens (tertiary/aromatic N) is 6. The molecule has 5 rings (SSSR count). The van der Waals surface area contributed by atoms with Crippen LogP contribution in [-0.4, -0.2) is 62.6 Å². The lowest BCUT2D eigenvalue weighted by atomic mass is 10.1. The van der Waals surface area contributed by atoms with Crippen LogP contribution in [0, 0.1) is 11.6 Å². The normalized spacial score (nSPS) is 17.2. The molecule has 1 amide bonds. The van der Waals surface area contributed by atoms with Crippen LogP contribution in [0.5, 0.6) is 0 Å². The van der Waals surface area contributed by atoms with Gasteiger partial charge in [0.15, 0.2) is 23.7 Å². The number of amides is 1. The molecule has 1 saturated heterocycles. The molecule has 0 aliphatic carbocycles. The van der Waals surface area contributed by atoms with Crippen LogP contribution in [0.4, 0.5) is 20.3 Å². The Bertz CT molecular complexity index is 1420. The van der Waals surface area contributed by atoms with E-state index in [4.69, 9.17) is 21.1 Å². The first kappa shape index (κ1) is 26.2. The Morgan fingerprint density at radius 2 is 1.92 bits per heavy atom. The van der Waals surface area contributed by atoms with Gasteiger partial charge in [0.05, 0.1) is 29.8 Å². The molecule has 0 saturated carbocycles. The lowest BCUT2D eigenvalue weighted by Gasteiger charge is -2.43. The van der Waals surface area contributed by atoms with E-state index in [1.807, 2.05) is 0 Å². The SMILES string of the molecule is CCn1c(CO)nn(-c2nc3c(cc2F)C(=O)N(c2c(F)cccc2Cl)CN3C(C)C2OCCCO2)c1=O. The molecule has 38 heavy (non-hydrogen) atoms. The monoisotopic (exact) mass is 550 g/mol. The summed E-state index contributed by atoms with van der Waals surface area (Å²) in [5, 5.41) is 13.6. The fourth-order valence-corrected chi connectivity index (χ4v) is 4.87. The summed E-state index contributed by atoms with van der Waals surface area (Å²) in [7, 11) is 0. The minimum absolute atomic E-state index is 0.00203. The predicted octanol–water partition coefficient (Wildman–Crippen LogP) is 2.45. The molecule has 3 aromatic rings. The number of rotatable bonds is 6. The summed E-state index contributed by atoms with van der Waals surface area (Å²) in [6, 6.07) is 4.39. The summed E-state index contributed by atoms with van der Waals surface area (Å²) >= 11 is 6.27. The Balaban J connectivity index is 1.68. The molecule has 1 unspecified atom stereocenters. The molecule has 2 aromatic heterocycles.